The third kappa shape index (κ3) is 3.21. The summed E-state index contributed by atoms with van der Waals surface area (Å²) < 4.78 is 6.13. The van der Waals surface area contributed by atoms with E-state index < -0.39 is 23.8 Å². The van der Waals surface area contributed by atoms with E-state index in [1.807, 2.05) is 65.6 Å². The van der Waals surface area contributed by atoms with Crippen LogP contribution in [0.3, 0.4) is 0 Å². The fourth-order valence-corrected chi connectivity index (χ4v) is 4.51. The second-order valence-electron chi connectivity index (χ2n) is 7.76. The highest BCUT2D eigenvalue weighted by Gasteiger charge is 2.60. The van der Waals surface area contributed by atoms with Crippen molar-refractivity contribution in [3.05, 3.63) is 90.1 Å². The lowest BCUT2D eigenvalue weighted by Crippen LogP contribution is -2.65. The smallest absolute Gasteiger partial charge is 0.327 e. The van der Waals surface area contributed by atoms with Crippen LogP contribution in [0.5, 0.6) is 5.88 Å². The number of rotatable bonds is 4. The topological polar surface area (TPSA) is 104 Å². The number of ether oxygens (including phenoxy) is 1. The minimum atomic E-state index is -1.26. The summed E-state index contributed by atoms with van der Waals surface area (Å²) in [6, 6.07) is 20.7. The number of esters is 1. The molecule has 2 saturated heterocycles. The van der Waals surface area contributed by atoms with Gasteiger partial charge in [0.2, 0.25) is 17.5 Å². The van der Waals surface area contributed by atoms with Crippen LogP contribution in [-0.2, 0) is 20.1 Å². The first kappa shape index (κ1) is 20.2. The van der Waals surface area contributed by atoms with E-state index in [2.05, 4.69) is 15.6 Å². The van der Waals surface area contributed by atoms with Gasteiger partial charge in [-0.2, -0.15) is 0 Å². The van der Waals surface area contributed by atoms with E-state index >= 15 is 0 Å². The van der Waals surface area contributed by atoms with Gasteiger partial charge in [0.05, 0.1) is 0 Å². The van der Waals surface area contributed by atoms with Crippen molar-refractivity contribution in [2.45, 2.75) is 17.8 Å². The zero-order valence-corrected chi connectivity index (χ0v) is 17.1. The first-order chi connectivity index (χ1) is 15.6. The van der Waals surface area contributed by atoms with E-state index in [9.17, 15) is 14.7 Å². The molecule has 0 radical (unpaired) electrons. The van der Waals surface area contributed by atoms with E-state index in [1.165, 1.54) is 6.20 Å². The molecule has 1 aromatic heterocycles. The van der Waals surface area contributed by atoms with Crippen LogP contribution in [0.2, 0.25) is 0 Å². The molecule has 162 valence electrons. The van der Waals surface area contributed by atoms with Crippen LogP contribution < -0.4 is 10.6 Å². The average Bonchev–Trinajstić information content (AvgIpc) is 3.15. The summed E-state index contributed by atoms with van der Waals surface area (Å²) in [6.07, 6.45) is 1.44. The second-order valence-corrected chi connectivity index (χ2v) is 7.76. The molecule has 2 aliphatic rings. The summed E-state index contributed by atoms with van der Waals surface area (Å²) >= 11 is 0. The van der Waals surface area contributed by atoms with Crippen molar-refractivity contribution in [1.82, 2.24) is 15.2 Å². The van der Waals surface area contributed by atoms with Gasteiger partial charge in [0.1, 0.15) is 17.8 Å². The Labute approximate surface area is 184 Å². The molecule has 2 atom stereocenters. The van der Waals surface area contributed by atoms with Gasteiger partial charge in [-0.1, -0.05) is 60.7 Å². The minimum absolute atomic E-state index is 0.205. The number of anilines is 1. The number of hydrogen-bond acceptors (Lipinski definition) is 7. The third-order valence-electron chi connectivity index (χ3n) is 5.91. The molecule has 0 spiro atoms. The molecule has 8 heteroatoms. The maximum atomic E-state index is 13.4. The number of nitrogens with one attached hydrogen (secondary N) is 2. The Kier molecular flexibility index (Phi) is 5.08. The van der Waals surface area contributed by atoms with Crippen molar-refractivity contribution >= 4 is 17.6 Å². The lowest BCUT2D eigenvalue weighted by atomic mass is 9.90. The number of carbonyl (C=O) groups excluding carboxylic acids is 2. The van der Waals surface area contributed by atoms with Crippen molar-refractivity contribution in [3.8, 4) is 5.88 Å². The van der Waals surface area contributed by atoms with Gasteiger partial charge in [-0.05, 0) is 12.1 Å². The van der Waals surface area contributed by atoms with Crippen LogP contribution in [0.25, 0.3) is 0 Å². The molecule has 3 N–H and O–H groups in total. The summed E-state index contributed by atoms with van der Waals surface area (Å²) in [4.78, 5) is 32.1. The Hall–Kier alpha value is -3.75. The molecule has 2 aliphatic heterocycles. The predicted octanol–water partition coefficient (Wildman–Crippen LogP) is 1.83. The van der Waals surface area contributed by atoms with Gasteiger partial charge >= 0.3 is 5.97 Å². The van der Waals surface area contributed by atoms with Crippen LogP contribution in [0.15, 0.2) is 79.0 Å². The van der Waals surface area contributed by atoms with Gasteiger partial charge in [0.25, 0.3) is 0 Å². The van der Waals surface area contributed by atoms with Gasteiger partial charge in [0, 0.05) is 30.4 Å². The number of aromatic nitrogens is 1. The van der Waals surface area contributed by atoms with Crippen LogP contribution in [0.1, 0.15) is 11.1 Å². The minimum Gasteiger partial charge on any atom is -0.492 e. The van der Waals surface area contributed by atoms with Gasteiger partial charge < -0.3 is 20.5 Å². The highest BCUT2D eigenvalue weighted by atomic mass is 16.6. The Morgan fingerprint density at radius 2 is 1.69 bits per heavy atom. The largest absolute Gasteiger partial charge is 0.492 e. The number of pyridine rings is 1. The van der Waals surface area contributed by atoms with Crippen molar-refractivity contribution < 1.29 is 19.4 Å². The molecule has 3 aromatic rings. The average molecular weight is 430 g/mol. The number of hydrogen-bond donors (Lipinski definition) is 3. The van der Waals surface area contributed by atoms with Crippen LogP contribution in [0.4, 0.5) is 5.69 Å². The predicted molar refractivity (Wildman–Crippen MR) is 117 cm³/mol. The van der Waals surface area contributed by atoms with E-state index in [-0.39, 0.29) is 17.5 Å². The summed E-state index contributed by atoms with van der Waals surface area (Å²) in [5.74, 6) is -1.04. The molecule has 5 rings (SSSR count). The SMILES string of the molecule is O=C(Nc1cccnc1O)C1CNCC2C(=O)OC(c3ccccc3)(c3ccccc3)N12. The van der Waals surface area contributed by atoms with Crippen LogP contribution >= 0.6 is 0 Å². The maximum absolute atomic E-state index is 13.4. The number of aromatic hydroxyl groups is 1. The number of cyclic esters (lactones) is 1. The monoisotopic (exact) mass is 430 g/mol. The first-order valence-electron chi connectivity index (χ1n) is 10.4. The number of benzene rings is 2. The number of carbonyl (C=O) groups is 2. The number of fused-ring (bicyclic) bond motifs is 1. The van der Waals surface area contributed by atoms with E-state index in [1.54, 1.807) is 12.1 Å². The van der Waals surface area contributed by atoms with Crippen molar-refractivity contribution in [2.75, 3.05) is 18.4 Å². The van der Waals surface area contributed by atoms with Crippen molar-refractivity contribution in [1.29, 1.82) is 0 Å². The summed E-state index contributed by atoms with van der Waals surface area (Å²) in [5, 5.41) is 15.9. The lowest BCUT2D eigenvalue weighted by molar-refractivity contribution is -0.152. The Morgan fingerprint density at radius 1 is 1.03 bits per heavy atom. The highest BCUT2D eigenvalue weighted by molar-refractivity contribution is 5.97. The van der Waals surface area contributed by atoms with Crippen molar-refractivity contribution in [3.63, 3.8) is 0 Å². The Morgan fingerprint density at radius 3 is 2.31 bits per heavy atom. The molecular formula is C24H22N4O4. The quantitative estimate of drug-likeness (QED) is 0.543. The van der Waals surface area contributed by atoms with Gasteiger partial charge in [0.15, 0.2) is 0 Å². The molecule has 3 heterocycles. The molecule has 8 nitrogen and oxygen atoms in total. The number of nitrogens with zero attached hydrogens (tertiary/aromatic N) is 2. The fraction of sp³-hybridized carbons (Fsp3) is 0.208. The standard InChI is InChI=1S/C24H22N4O4/c29-21-18(12-7-13-26-21)27-22(30)19-14-25-15-20-23(31)32-24(28(19)20,16-8-3-1-4-9-16)17-10-5-2-6-11-17/h1-13,19-20,25H,14-15H2,(H,26,29)(H,27,30). The zero-order chi connectivity index (χ0) is 22.1. The van der Waals surface area contributed by atoms with Gasteiger partial charge in [-0.15, -0.1) is 0 Å². The molecule has 2 fully saturated rings. The lowest BCUT2D eigenvalue weighted by Gasteiger charge is -2.44. The second kappa shape index (κ2) is 8.07. The molecule has 0 saturated carbocycles. The van der Waals surface area contributed by atoms with Crippen molar-refractivity contribution in [2.24, 2.45) is 0 Å². The zero-order valence-electron chi connectivity index (χ0n) is 17.1. The molecule has 2 aromatic carbocycles. The normalized spacial score (nSPS) is 22.1. The highest BCUT2D eigenvalue weighted by Crippen LogP contribution is 2.45. The Balaban J connectivity index is 1.62. The van der Waals surface area contributed by atoms with Crippen LogP contribution in [0, 0.1) is 0 Å². The maximum Gasteiger partial charge on any atom is 0.327 e. The number of piperazine rings is 1. The van der Waals surface area contributed by atoms with Gasteiger partial charge in [-0.25, -0.2) is 9.88 Å². The van der Waals surface area contributed by atoms with E-state index in [0.29, 0.717) is 13.1 Å². The van der Waals surface area contributed by atoms with E-state index in [0.717, 1.165) is 11.1 Å². The summed E-state index contributed by atoms with van der Waals surface area (Å²) in [6.45, 7) is 0.670. The molecule has 32 heavy (non-hydrogen) atoms. The first-order valence-corrected chi connectivity index (χ1v) is 10.4. The third-order valence-corrected chi connectivity index (χ3v) is 5.91. The summed E-state index contributed by atoms with van der Waals surface area (Å²) in [5.41, 5.74) is 0.457. The molecule has 0 bridgehead atoms. The fourth-order valence-electron chi connectivity index (χ4n) is 4.51. The summed E-state index contributed by atoms with van der Waals surface area (Å²) in [7, 11) is 0. The Bertz CT molecular complexity index is 1100. The molecule has 2 unspecified atom stereocenters. The molecule has 1 amide bonds. The number of amides is 1. The molecule has 0 aliphatic carbocycles. The van der Waals surface area contributed by atoms with E-state index in [4.69, 9.17) is 4.74 Å². The van der Waals surface area contributed by atoms with Gasteiger partial charge in [-0.3, -0.25) is 9.59 Å². The van der Waals surface area contributed by atoms with Crippen LogP contribution in [-0.4, -0.2) is 52.0 Å². The molecular weight excluding hydrogens is 408 g/mol.